The lowest BCUT2D eigenvalue weighted by Crippen LogP contribution is -2.61. The molecule has 13 heavy (non-hydrogen) atoms. The van der Waals surface area contributed by atoms with E-state index in [2.05, 4.69) is 5.32 Å². The molecule has 5 fully saturated rings. The molecular weight excluding hydrogens is 158 g/mol. The van der Waals surface area contributed by atoms with Crippen molar-refractivity contribution in [2.24, 2.45) is 17.8 Å². The summed E-state index contributed by atoms with van der Waals surface area (Å²) in [4.78, 5) is 0. The maximum Gasteiger partial charge on any atom is 0.0230 e. The second kappa shape index (κ2) is 2.13. The van der Waals surface area contributed by atoms with Crippen molar-refractivity contribution in [3.63, 3.8) is 0 Å². The Kier molecular flexibility index (Phi) is 1.19. The van der Waals surface area contributed by atoms with Gasteiger partial charge in [-0.15, -0.1) is 0 Å². The first-order valence-electron chi connectivity index (χ1n) is 6.13. The second-order valence-corrected chi connectivity index (χ2v) is 6.02. The molecule has 0 aromatic carbocycles. The van der Waals surface area contributed by atoms with E-state index in [9.17, 15) is 0 Å². The number of hydrogen-bond acceptors (Lipinski definition) is 1. The van der Waals surface area contributed by atoms with Gasteiger partial charge in [-0.25, -0.2) is 0 Å². The van der Waals surface area contributed by atoms with E-state index in [1.165, 1.54) is 19.3 Å². The van der Waals surface area contributed by atoms with Gasteiger partial charge in [-0.1, -0.05) is 6.42 Å². The van der Waals surface area contributed by atoms with Crippen LogP contribution in [0.25, 0.3) is 0 Å². The molecule has 5 rings (SSSR count). The topological polar surface area (TPSA) is 12.0 Å². The molecule has 5 aliphatic rings. The van der Waals surface area contributed by atoms with E-state index < -0.39 is 0 Å². The third-order valence-corrected chi connectivity index (χ3v) is 5.49. The van der Waals surface area contributed by atoms with Crippen LogP contribution in [0, 0.1) is 17.8 Å². The number of fused-ring (bicyclic) bond motifs is 3. The SMILES string of the molecule is C1CC2CC1CC2C12CCC(C1)N2. The largest absolute Gasteiger partial charge is 0.308 e. The summed E-state index contributed by atoms with van der Waals surface area (Å²) in [5, 5.41) is 3.86. The van der Waals surface area contributed by atoms with Crippen molar-refractivity contribution >= 4 is 0 Å². The van der Waals surface area contributed by atoms with Crippen molar-refractivity contribution in [1.82, 2.24) is 5.32 Å². The van der Waals surface area contributed by atoms with Crippen LogP contribution < -0.4 is 5.32 Å². The zero-order chi connectivity index (χ0) is 8.47. The summed E-state index contributed by atoms with van der Waals surface area (Å²) >= 11 is 0. The molecule has 0 amide bonds. The van der Waals surface area contributed by atoms with Gasteiger partial charge >= 0.3 is 0 Å². The fourth-order valence-electron chi connectivity index (χ4n) is 4.97. The molecule has 0 aromatic rings. The summed E-state index contributed by atoms with van der Waals surface area (Å²) in [6, 6.07) is 0.930. The minimum absolute atomic E-state index is 0.671. The highest BCUT2D eigenvalue weighted by atomic mass is 15.1. The van der Waals surface area contributed by atoms with E-state index in [-0.39, 0.29) is 0 Å². The molecule has 5 unspecified atom stereocenters. The van der Waals surface area contributed by atoms with Crippen molar-refractivity contribution in [1.29, 1.82) is 0 Å². The summed E-state index contributed by atoms with van der Waals surface area (Å²) < 4.78 is 0. The first kappa shape index (κ1) is 7.28. The lowest BCUT2D eigenvalue weighted by molar-refractivity contribution is 0.0918. The Balaban J connectivity index is 1.62. The molecule has 1 nitrogen and oxygen atoms in total. The van der Waals surface area contributed by atoms with E-state index in [1.807, 2.05) is 0 Å². The van der Waals surface area contributed by atoms with Crippen LogP contribution in [0.3, 0.4) is 0 Å². The van der Waals surface area contributed by atoms with Crippen molar-refractivity contribution in [3.8, 4) is 0 Å². The number of rotatable bonds is 1. The van der Waals surface area contributed by atoms with Crippen LogP contribution in [0.15, 0.2) is 0 Å². The average molecular weight is 177 g/mol. The molecule has 2 saturated heterocycles. The van der Waals surface area contributed by atoms with Crippen LogP contribution in [0.4, 0.5) is 0 Å². The Labute approximate surface area is 80.3 Å². The Bertz CT molecular complexity index is 236. The monoisotopic (exact) mass is 177 g/mol. The molecule has 3 aliphatic carbocycles. The molecular formula is C12H19N. The first-order valence-corrected chi connectivity index (χ1v) is 6.13. The van der Waals surface area contributed by atoms with E-state index in [0.717, 1.165) is 23.8 Å². The van der Waals surface area contributed by atoms with Crippen LogP contribution in [-0.4, -0.2) is 11.6 Å². The van der Waals surface area contributed by atoms with E-state index in [1.54, 1.807) is 25.7 Å². The predicted octanol–water partition coefficient (Wildman–Crippen LogP) is 2.32. The zero-order valence-corrected chi connectivity index (χ0v) is 8.26. The van der Waals surface area contributed by atoms with Crippen molar-refractivity contribution in [2.45, 2.75) is 56.5 Å². The Morgan fingerprint density at radius 3 is 2.54 bits per heavy atom. The number of hydrogen-bond donors (Lipinski definition) is 1. The first-order chi connectivity index (χ1) is 6.36. The van der Waals surface area contributed by atoms with Crippen LogP contribution in [0.1, 0.15) is 44.9 Å². The van der Waals surface area contributed by atoms with Gasteiger partial charge in [-0.2, -0.15) is 0 Å². The van der Waals surface area contributed by atoms with Gasteiger partial charge in [0.15, 0.2) is 0 Å². The lowest BCUT2D eigenvalue weighted by Gasteiger charge is -2.48. The highest BCUT2D eigenvalue weighted by Gasteiger charge is 2.59. The summed E-state index contributed by atoms with van der Waals surface area (Å²) in [5.41, 5.74) is 0.671. The molecule has 0 spiro atoms. The third kappa shape index (κ3) is 0.782. The van der Waals surface area contributed by atoms with Gasteiger partial charge in [0, 0.05) is 11.6 Å². The molecule has 2 aliphatic heterocycles. The van der Waals surface area contributed by atoms with Crippen LogP contribution in [-0.2, 0) is 0 Å². The quantitative estimate of drug-likeness (QED) is 0.648. The second-order valence-electron chi connectivity index (χ2n) is 6.02. The van der Waals surface area contributed by atoms with Crippen LogP contribution in [0.5, 0.6) is 0 Å². The van der Waals surface area contributed by atoms with E-state index in [4.69, 9.17) is 0 Å². The standard InChI is InChI=1S/C12H19N/c1-2-9-5-8(1)6-11(9)12-4-3-10(7-12)13-12/h8-11,13H,1-7H2. The highest BCUT2D eigenvalue weighted by molar-refractivity contribution is 5.16. The highest BCUT2D eigenvalue weighted by Crippen LogP contribution is 2.58. The molecule has 4 bridgehead atoms. The molecule has 1 heteroatoms. The molecule has 1 N–H and O–H groups in total. The van der Waals surface area contributed by atoms with Gasteiger partial charge in [0.1, 0.15) is 0 Å². The summed E-state index contributed by atoms with van der Waals surface area (Å²) in [6.07, 6.45) is 10.8. The zero-order valence-electron chi connectivity index (χ0n) is 8.26. The maximum absolute atomic E-state index is 3.86. The number of nitrogens with one attached hydrogen (secondary N) is 1. The predicted molar refractivity (Wildman–Crippen MR) is 52.4 cm³/mol. The smallest absolute Gasteiger partial charge is 0.0230 e. The van der Waals surface area contributed by atoms with Crippen molar-refractivity contribution < 1.29 is 0 Å². The van der Waals surface area contributed by atoms with Gasteiger partial charge in [-0.3, -0.25) is 0 Å². The lowest BCUT2D eigenvalue weighted by atomic mass is 9.70. The van der Waals surface area contributed by atoms with Gasteiger partial charge in [0.2, 0.25) is 0 Å². The molecule has 5 atom stereocenters. The Hall–Kier alpha value is -0.0400. The van der Waals surface area contributed by atoms with E-state index >= 15 is 0 Å². The van der Waals surface area contributed by atoms with Gasteiger partial charge in [0.05, 0.1) is 0 Å². The summed E-state index contributed by atoms with van der Waals surface area (Å²) in [7, 11) is 0. The normalized spacial score (nSPS) is 62.8. The van der Waals surface area contributed by atoms with Gasteiger partial charge in [0.25, 0.3) is 0 Å². The minimum atomic E-state index is 0.671. The van der Waals surface area contributed by atoms with Gasteiger partial charge < -0.3 is 5.32 Å². The fraction of sp³-hybridized carbons (Fsp3) is 1.00. The maximum atomic E-state index is 3.86. The fourth-order valence-corrected chi connectivity index (χ4v) is 4.97. The molecule has 72 valence electrons. The summed E-state index contributed by atoms with van der Waals surface area (Å²) in [5.74, 6) is 3.34. The average Bonchev–Trinajstić information content (AvgIpc) is 2.81. The van der Waals surface area contributed by atoms with Crippen molar-refractivity contribution in [2.75, 3.05) is 0 Å². The minimum Gasteiger partial charge on any atom is -0.308 e. The van der Waals surface area contributed by atoms with Gasteiger partial charge in [-0.05, 0) is 56.3 Å². The molecule has 0 aromatic heterocycles. The van der Waals surface area contributed by atoms with E-state index in [0.29, 0.717) is 5.54 Å². The Morgan fingerprint density at radius 1 is 1.08 bits per heavy atom. The molecule has 0 radical (unpaired) electrons. The molecule has 3 saturated carbocycles. The molecule has 2 heterocycles. The third-order valence-electron chi connectivity index (χ3n) is 5.49. The van der Waals surface area contributed by atoms with Crippen molar-refractivity contribution in [3.05, 3.63) is 0 Å². The summed E-state index contributed by atoms with van der Waals surface area (Å²) in [6.45, 7) is 0. The Morgan fingerprint density at radius 2 is 2.00 bits per heavy atom. The van der Waals surface area contributed by atoms with Crippen LogP contribution in [0.2, 0.25) is 0 Å². The van der Waals surface area contributed by atoms with Crippen LogP contribution >= 0.6 is 0 Å².